The number of carbonyl (C=O) groups excluding carboxylic acids is 2. The van der Waals surface area contributed by atoms with E-state index in [0.717, 1.165) is 43.4 Å². The summed E-state index contributed by atoms with van der Waals surface area (Å²) in [5, 5.41) is 87.4. The maximum Gasteiger partial charge on any atom is 0.230 e. The molecule has 18 nitrogen and oxygen atoms in total. The largest absolute Gasteiger partial charge is 0.394 e. The Bertz CT molecular complexity index is 1010. The number of carbonyl (C=O) groups is 2. The van der Waals surface area contributed by atoms with Crippen molar-refractivity contribution in [2.45, 2.75) is 150 Å². The fourth-order valence-electron chi connectivity index (χ4n) is 6.70. The minimum absolute atomic E-state index is 0.173. The number of hydrogen-bond donors (Lipinski definition) is 10. The summed E-state index contributed by atoms with van der Waals surface area (Å²) < 4.78 is 29.1. The molecule has 4 rings (SSSR count). The average Bonchev–Trinajstić information content (AvgIpc) is 3.40. The van der Waals surface area contributed by atoms with Gasteiger partial charge in [0.15, 0.2) is 18.9 Å². The third kappa shape index (κ3) is 8.70. The molecule has 0 bridgehead atoms. The van der Waals surface area contributed by atoms with Crippen LogP contribution in [0.15, 0.2) is 0 Å². The summed E-state index contributed by atoms with van der Waals surface area (Å²) in [5.41, 5.74) is 5.84. The third-order valence-electron chi connectivity index (χ3n) is 9.50. The smallest absolute Gasteiger partial charge is 0.230 e. The summed E-state index contributed by atoms with van der Waals surface area (Å²) in [6.45, 7) is 0.310. The Morgan fingerprint density at radius 1 is 0.729 bits per heavy atom. The van der Waals surface area contributed by atoms with Gasteiger partial charge in [0, 0.05) is 12.8 Å². The lowest BCUT2D eigenvalue weighted by molar-refractivity contribution is -0.356. The summed E-state index contributed by atoms with van der Waals surface area (Å²) in [5.74, 6) is -1.33. The highest BCUT2D eigenvalue weighted by Gasteiger charge is 2.57. The van der Waals surface area contributed by atoms with Gasteiger partial charge in [-0.25, -0.2) is 0 Å². The molecule has 4 fully saturated rings. The van der Waals surface area contributed by atoms with Gasteiger partial charge in [0.05, 0.1) is 31.9 Å². The molecule has 48 heavy (non-hydrogen) atoms. The summed E-state index contributed by atoms with van der Waals surface area (Å²) in [6.07, 6.45) is -12.6. The van der Waals surface area contributed by atoms with Gasteiger partial charge in [-0.05, 0) is 13.0 Å². The number of ether oxygens (including phenoxy) is 5. The molecule has 0 spiro atoms. The van der Waals surface area contributed by atoms with Crippen molar-refractivity contribution in [3.8, 4) is 0 Å². The number of unbranched alkanes of at least 4 members (excludes halogenated alkanes) is 5. The van der Waals surface area contributed by atoms with Crippen molar-refractivity contribution in [1.82, 2.24) is 10.2 Å². The SMILES string of the molecule is CCCCCCCCN[C@H]1[C@H](OC2[C@@H](CO)O[C@@H](OC3[C@@H](CO)O[C@@H](O)[C@H](N)[C@H]3O)[C@H](N3C(=O)CCC3=O)[C@H]2O)O[C@H](CO)[C@@H](O)[C@@H]1O. The van der Waals surface area contributed by atoms with Crippen LogP contribution in [0.1, 0.15) is 58.3 Å². The van der Waals surface area contributed by atoms with E-state index in [9.17, 15) is 50.4 Å². The molecule has 4 aliphatic heterocycles. The maximum atomic E-state index is 12.9. The van der Waals surface area contributed by atoms with E-state index in [0.29, 0.717) is 6.54 Å². The number of amides is 2. The lowest BCUT2D eigenvalue weighted by Crippen LogP contribution is -2.71. The van der Waals surface area contributed by atoms with Crippen molar-refractivity contribution in [3.63, 3.8) is 0 Å². The second kappa shape index (κ2) is 18.2. The van der Waals surface area contributed by atoms with Crippen molar-refractivity contribution in [2.75, 3.05) is 26.4 Å². The number of aliphatic hydroxyl groups is 8. The van der Waals surface area contributed by atoms with Crippen LogP contribution in [0.4, 0.5) is 0 Å². The van der Waals surface area contributed by atoms with Gasteiger partial charge in [-0.3, -0.25) is 14.5 Å². The molecule has 0 saturated carbocycles. The molecule has 11 N–H and O–H groups in total. The molecule has 4 saturated heterocycles. The number of rotatable bonds is 16. The third-order valence-corrected chi connectivity index (χ3v) is 9.50. The van der Waals surface area contributed by atoms with Crippen molar-refractivity contribution >= 4 is 11.8 Å². The van der Waals surface area contributed by atoms with E-state index in [1.807, 2.05) is 0 Å². The Kier molecular flexibility index (Phi) is 14.9. The van der Waals surface area contributed by atoms with E-state index in [2.05, 4.69) is 12.2 Å². The summed E-state index contributed by atoms with van der Waals surface area (Å²) in [7, 11) is 0. The number of nitrogens with one attached hydrogen (secondary N) is 1. The summed E-state index contributed by atoms with van der Waals surface area (Å²) in [4.78, 5) is 26.6. The van der Waals surface area contributed by atoms with E-state index in [4.69, 9.17) is 29.4 Å². The fourth-order valence-corrected chi connectivity index (χ4v) is 6.70. The van der Waals surface area contributed by atoms with Crippen LogP contribution in [-0.2, 0) is 33.3 Å². The standard InChI is InChI=1S/C30H53N3O15/c1-2-3-4-5-6-7-10-32-20-24(41)22(39)14(11-34)45-29(20)47-27-16(13-36)46-30(21(25(27)42)33-17(37)8-9-18(33)38)48-26-15(12-35)44-28(43)19(31)23(26)40/h14-16,19-30,32,34-36,39-43H,2-13,31H2,1H3/t14-,15-,16-,19-,20-,21-,22-,23-,24-,25-,26?,27?,28-,29+,30+/m1/s1. The van der Waals surface area contributed by atoms with Crippen LogP contribution in [0, 0.1) is 0 Å². The van der Waals surface area contributed by atoms with Crippen molar-refractivity contribution in [1.29, 1.82) is 0 Å². The monoisotopic (exact) mass is 695 g/mol. The highest BCUT2D eigenvalue weighted by molar-refractivity contribution is 6.02. The van der Waals surface area contributed by atoms with Gasteiger partial charge in [-0.15, -0.1) is 0 Å². The molecular weight excluding hydrogens is 642 g/mol. The number of likely N-dealkylation sites (tertiary alicyclic amines) is 1. The molecule has 0 aliphatic carbocycles. The Morgan fingerprint density at radius 2 is 1.27 bits per heavy atom. The van der Waals surface area contributed by atoms with Gasteiger partial charge in [0.2, 0.25) is 11.8 Å². The van der Waals surface area contributed by atoms with Crippen molar-refractivity contribution < 1.29 is 74.1 Å². The molecule has 0 aromatic carbocycles. The minimum atomic E-state index is -1.82. The second-order valence-electron chi connectivity index (χ2n) is 12.8. The van der Waals surface area contributed by atoms with E-state index in [-0.39, 0.29) is 12.8 Å². The Labute approximate surface area is 278 Å². The van der Waals surface area contributed by atoms with Crippen LogP contribution in [0.25, 0.3) is 0 Å². The first-order valence-corrected chi connectivity index (χ1v) is 16.8. The highest BCUT2D eigenvalue weighted by atomic mass is 16.7. The molecule has 0 aromatic heterocycles. The average molecular weight is 696 g/mol. The molecule has 15 atom stereocenters. The fraction of sp³-hybridized carbons (Fsp3) is 0.933. The number of imide groups is 1. The molecule has 278 valence electrons. The number of hydrogen-bond acceptors (Lipinski definition) is 17. The minimum Gasteiger partial charge on any atom is -0.394 e. The van der Waals surface area contributed by atoms with Crippen LogP contribution in [-0.4, -0.2) is 176 Å². The zero-order chi connectivity index (χ0) is 35.1. The lowest BCUT2D eigenvalue weighted by Gasteiger charge is -2.50. The number of aliphatic hydroxyl groups excluding tert-OH is 8. The van der Waals surface area contributed by atoms with Gasteiger partial charge < -0.3 is 75.6 Å². The summed E-state index contributed by atoms with van der Waals surface area (Å²) >= 11 is 0. The van der Waals surface area contributed by atoms with Crippen molar-refractivity contribution in [2.24, 2.45) is 5.73 Å². The van der Waals surface area contributed by atoms with Gasteiger partial charge in [0.25, 0.3) is 0 Å². The van der Waals surface area contributed by atoms with E-state index in [1.54, 1.807) is 0 Å². The normalized spacial score (nSPS) is 42.5. The van der Waals surface area contributed by atoms with E-state index >= 15 is 0 Å². The molecule has 2 amide bonds. The van der Waals surface area contributed by atoms with Gasteiger partial charge >= 0.3 is 0 Å². The molecule has 0 radical (unpaired) electrons. The van der Waals surface area contributed by atoms with Gasteiger partial charge in [-0.2, -0.15) is 0 Å². The quantitative estimate of drug-likeness (QED) is 0.0538. The molecule has 2 unspecified atom stereocenters. The predicted molar refractivity (Wildman–Crippen MR) is 161 cm³/mol. The first-order chi connectivity index (χ1) is 23.0. The Morgan fingerprint density at radius 3 is 1.90 bits per heavy atom. The lowest BCUT2D eigenvalue weighted by atomic mass is 9.93. The maximum absolute atomic E-state index is 12.9. The van der Waals surface area contributed by atoms with Crippen LogP contribution in [0.3, 0.4) is 0 Å². The van der Waals surface area contributed by atoms with Crippen LogP contribution < -0.4 is 11.1 Å². The topological polar surface area (TPSA) is 283 Å². The van der Waals surface area contributed by atoms with E-state index < -0.39 is 124 Å². The molecular formula is C30H53N3O15. The Hall–Kier alpha value is -1.46. The first-order valence-electron chi connectivity index (χ1n) is 16.8. The Balaban J connectivity index is 1.58. The van der Waals surface area contributed by atoms with Crippen molar-refractivity contribution in [3.05, 3.63) is 0 Å². The van der Waals surface area contributed by atoms with E-state index in [1.165, 1.54) is 0 Å². The van der Waals surface area contributed by atoms with Crippen LogP contribution in [0.2, 0.25) is 0 Å². The zero-order valence-corrected chi connectivity index (χ0v) is 27.1. The molecule has 0 aromatic rings. The summed E-state index contributed by atoms with van der Waals surface area (Å²) in [6, 6.07) is -4.06. The first kappa shape index (κ1) is 39.3. The van der Waals surface area contributed by atoms with Crippen LogP contribution in [0.5, 0.6) is 0 Å². The molecule has 18 heteroatoms. The predicted octanol–water partition coefficient (Wildman–Crippen LogP) is -4.49. The second-order valence-corrected chi connectivity index (χ2v) is 12.8. The zero-order valence-electron chi connectivity index (χ0n) is 27.1. The van der Waals surface area contributed by atoms with Gasteiger partial charge in [0.1, 0.15) is 61.0 Å². The van der Waals surface area contributed by atoms with Gasteiger partial charge in [-0.1, -0.05) is 39.0 Å². The van der Waals surface area contributed by atoms with Crippen LogP contribution >= 0.6 is 0 Å². The molecule has 4 aliphatic rings. The number of nitrogens with zero attached hydrogens (tertiary/aromatic N) is 1. The highest BCUT2D eigenvalue weighted by Crippen LogP contribution is 2.35. The molecule has 4 heterocycles. The number of nitrogens with two attached hydrogens (primary N) is 1.